The zero-order valence-corrected chi connectivity index (χ0v) is 13.8. The molecule has 0 saturated carbocycles. The van der Waals surface area contributed by atoms with Gasteiger partial charge in [-0.2, -0.15) is 0 Å². The van der Waals surface area contributed by atoms with E-state index in [2.05, 4.69) is 22.1 Å². The Bertz CT molecular complexity index is 466. The number of halogens is 1. The average Bonchev–Trinajstić information content (AvgIpc) is 2.91. The molecular formula is C15H22ClN3OS. The van der Waals surface area contributed by atoms with E-state index in [1.165, 1.54) is 4.90 Å². The van der Waals surface area contributed by atoms with Crippen molar-refractivity contribution in [1.82, 2.24) is 10.2 Å². The van der Waals surface area contributed by atoms with Crippen LogP contribution in [0.1, 0.15) is 13.3 Å². The monoisotopic (exact) mass is 327 g/mol. The lowest BCUT2D eigenvalue weighted by Crippen LogP contribution is -2.40. The first-order valence-electron chi connectivity index (χ1n) is 7.28. The predicted octanol–water partition coefficient (Wildman–Crippen LogP) is 2.46. The maximum atomic E-state index is 9.62. The molecule has 1 atom stereocenters. The number of nitrogens with one attached hydrogen (secondary N) is 1. The van der Waals surface area contributed by atoms with E-state index in [9.17, 15) is 5.11 Å². The number of aliphatic imine (C=N–C) groups is 1. The van der Waals surface area contributed by atoms with Crippen molar-refractivity contribution in [2.24, 2.45) is 4.99 Å². The van der Waals surface area contributed by atoms with E-state index in [1.54, 1.807) is 11.8 Å². The van der Waals surface area contributed by atoms with Gasteiger partial charge in [-0.25, -0.2) is 0 Å². The van der Waals surface area contributed by atoms with Crippen LogP contribution in [0.3, 0.4) is 0 Å². The van der Waals surface area contributed by atoms with Gasteiger partial charge in [0, 0.05) is 35.3 Å². The van der Waals surface area contributed by atoms with Crippen molar-refractivity contribution in [1.29, 1.82) is 0 Å². The number of thioether (sulfide) groups is 1. The molecule has 4 nitrogen and oxygen atoms in total. The molecule has 1 heterocycles. The highest BCUT2D eigenvalue weighted by Crippen LogP contribution is 2.20. The Morgan fingerprint density at radius 2 is 2.24 bits per heavy atom. The van der Waals surface area contributed by atoms with Crippen molar-refractivity contribution in [3.8, 4) is 0 Å². The van der Waals surface area contributed by atoms with Crippen molar-refractivity contribution in [3.63, 3.8) is 0 Å². The van der Waals surface area contributed by atoms with E-state index in [-0.39, 0.29) is 6.10 Å². The second kappa shape index (κ2) is 8.51. The van der Waals surface area contributed by atoms with Crippen LogP contribution in [0.25, 0.3) is 0 Å². The lowest BCUT2D eigenvalue weighted by atomic mass is 10.3. The summed E-state index contributed by atoms with van der Waals surface area (Å²) in [4.78, 5) is 7.97. The topological polar surface area (TPSA) is 47.9 Å². The molecule has 2 rings (SSSR count). The van der Waals surface area contributed by atoms with E-state index in [1.807, 2.05) is 24.3 Å². The number of guanidine groups is 1. The van der Waals surface area contributed by atoms with Crippen LogP contribution in [-0.4, -0.2) is 54.0 Å². The van der Waals surface area contributed by atoms with Gasteiger partial charge in [0.25, 0.3) is 0 Å². The van der Waals surface area contributed by atoms with Crippen molar-refractivity contribution in [2.45, 2.75) is 24.3 Å². The molecule has 21 heavy (non-hydrogen) atoms. The number of rotatable bonds is 5. The number of hydrogen-bond donors (Lipinski definition) is 2. The predicted molar refractivity (Wildman–Crippen MR) is 90.4 cm³/mol. The summed E-state index contributed by atoms with van der Waals surface area (Å²) in [5, 5.41) is 13.7. The molecule has 0 amide bonds. The van der Waals surface area contributed by atoms with Gasteiger partial charge in [-0.05, 0) is 37.6 Å². The molecule has 0 radical (unpaired) electrons. The van der Waals surface area contributed by atoms with E-state index >= 15 is 0 Å². The number of hydrogen-bond acceptors (Lipinski definition) is 3. The van der Waals surface area contributed by atoms with Crippen molar-refractivity contribution in [2.75, 3.05) is 31.9 Å². The molecule has 6 heteroatoms. The van der Waals surface area contributed by atoms with Gasteiger partial charge < -0.3 is 15.3 Å². The molecule has 0 aliphatic carbocycles. The second-order valence-electron chi connectivity index (χ2n) is 4.93. The first-order chi connectivity index (χ1) is 10.2. The molecule has 1 aromatic rings. The minimum absolute atomic E-state index is 0.225. The third kappa shape index (κ3) is 5.41. The largest absolute Gasteiger partial charge is 0.391 e. The van der Waals surface area contributed by atoms with Gasteiger partial charge in [0.1, 0.15) is 0 Å². The Labute approximate surface area is 135 Å². The van der Waals surface area contributed by atoms with Crippen LogP contribution < -0.4 is 5.32 Å². The van der Waals surface area contributed by atoms with Gasteiger partial charge in [-0.1, -0.05) is 11.6 Å². The lowest BCUT2D eigenvalue weighted by molar-refractivity contribution is 0.188. The summed E-state index contributed by atoms with van der Waals surface area (Å²) in [6.07, 6.45) is 0.599. The third-order valence-electron chi connectivity index (χ3n) is 3.23. The number of β-amino-alcohol motifs (C(OH)–C–C–N with tert-alkyl or cyclic N) is 1. The number of aliphatic hydroxyl groups is 1. The first kappa shape index (κ1) is 16.5. The fourth-order valence-corrected chi connectivity index (χ4v) is 3.08. The number of benzene rings is 1. The van der Waals surface area contributed by atoms with Crippen LogP contribution >= 0.6 is 23.4 Å². The van der Waals surface area contributed by atoms with Crippen LogP contribution in [0, 0.1) is 0 Å². The van der Waals surface area contributed by atoms with Gasteiger partial charge in [-0.3, -0.25) is 4.99 Å². The summed E-state index contributed by atoms with van der Waals surface area (Å²) in [5.41, 5.74) is 0. The van der Waals surface area contributed by atoms with Gasteiger partial charge in [0.15, 0.2) is 5.96 Å². The second-order valence-corrected chi connectivity index (χ2v) is 6.53. The summed E-state index contributed by atoms with van der Waals surface area (Å²) in [7, 11) is 0. The van der Waals surface area contributed by atoms with Crippen LogP contribution in [0.5, 0.6) is 0 Å². The Morgan fingerprint density at radius 1 is 1.48 bits per heavy atom. The molecule has 0 unspecified atom stereocenters. The summed E-state index contributed by atoms with van der Waals surface area (Å²) in [6, 6.07) is 7.86. The van der Waals surface area contributed by atoms with Gasteiger partial charge in [-0.15, -0.1) is 11.8 Å². The number of likely N-dealkylation sites (tertiary alicyclic amines) is 1. The van der Waals surface area contributed by atoms with E-state index in [4.69, 9.17) is 11.6 Å². The summed E-state index contributed by atoms with van der Waals surface area (Å²) in [5.74, 6) is 1.83. The highest BCUT2D eigenvalue weighted by Gasteiger charge is 2.22. The molecule has 0 bridgehead atoms. The summed E-state index contributed by atoms with van der Waals surface area (Å²) < 4.78 is 0. The van der Waals surface area contributed by atoms with E-state index in [0.717, 1.165) is 42.8 Å². The van der Waals surface area contributed by atoms with Gasteiger partial charge in [0.05, 0.1) is 12.6 Å². The minimum atomic E-state index is -0.225. The third-order valence-corrected chi connectivity index (χ3v) is 4.48. The average molecular weight is 328 g/mol. The highest BCUT2D eigenvalue weighted by molar-refractivity contribution is 7.99. The standard InChI is InChI=1S/C15H22ClN3OS/c1-2-17-15(19-9-7-13(20)11-19)18-8-10-21-14-5-3-12(16)4-6-14/h3-6,13,20H,2,7-11H2,1H3,(H,17,18)/t13-/m1/s1. The molecular weight excluding hydrogens is 306 g/mol. The smallest absolute Gasteiger partial charge is 0.194 e. The maximum absolute atomic E-state index is 9.62. The maximum Gasteiger partial charge on any atom is 0.194 e. The quantitative estimate of drug-likeness (QED) is 0.377. The van der Waals surface area contributed by atoms with Gasteiger partial charge in [0.2, 0.25) is 0 Å². The van der Waals surface area contributed by atoms with Crippen LogP contribution in [0.2, 0.25) is 5.02 Å². The Morgan fingerprint density at radius 3 is 2.86 bits per heavy atom. The molecule has 1 aliphatic rings. The van der Waals surface area contributed by atoms with Crippen molar-refractivity contribution >= 4 is 29.3 Å². The Hall–Kier alpha value is -0.910. The first-order valence-corrected chi connectivity index (χ1v) is 8.65. The molecule has 2 N–H and O–H groups in total. The van der Waals surface area contributed by atoms with Crippen molar-refractivity contribution < 1.29 is 5.11 Å². The zero-order valence-electron chi connectivity index (χ0n) is 12.3. The molecule has 0 aromatic heterocycles. The Kier molecular flexibility index (Phi) is 6.67. The lowest BCUT2D eigenvalue weighted by Gasteiger charge is -2.20. The molecule has 116 valence electrons. The molecule has 1 aliphatic heterocycles. The normalized spacial score (nSPS) is 19.1. The van der Waals surface area contributed by atoms with E-state index < -0.39 is 0 Å². The number of nitrogens with zero attached hydrogens (tertiary/aromatic N) is 2. The van der Waals surface area contributed by atoms with Gasteiger partial charge >= 0.3 is 0 Å². The van der Waals surface area contributed by atoms with Crippen molar-refractivity contribution in [3.05, 3.63) is 29.3 Å². The fourth-order valence-electron chi connectivity index (χ4n) is 2.21. The summed E-state index contributed by atoms with van der Waals surface area (Å²) >= 11 is 7.64. The van der Waals surface area contributed by atoms with Crippen LogP contribution in [0.4, 0.5) is 0 Å². The molecule has 1 fully saturated rings. The minimum Gasteiger partial charge on any atom is -0.391 e. The number of aliphatic hydroxyl groups excluding tert-OH is 1. The van der Waals surface area contributed by atoms with Crippen LogP contribution in [0.15, 0.2) is 34.2 Å². The van der Waals surface area contributed by atoms with Crippen LogP contribution in [-0.2, 0) is 0 Å². The summed E-state index contributed by atoms with van der Waals surface area (Å²) in [6.45, 7) is 5.20. The molecule has 1 saturated heterocycles. The molecule has 1 aromatic carbocycles. The SMILES string of the molecule is CCNC(=NCCSc1ccc(Cl)cc1)N1CC[C@@H](O)C1. The zero-order chi connectivity index (χ0) is 15.1. The Balaban J connectivity index is 1.81. The molecule has 0 spiro atoms. The van der Waals surface area contributed by atoms with E-state index in [0.29, 0.717) is 6.54 Å². The fraction of sp³-hybridized carbons (Fsp3) is 0.533. The highest BCUT2D eigenvalue weighted by atomic mass is 35.5.